The number of carbonyl (C=O) groups is 2. The Balaban J connectivity index is 2.04. The maximum Gasteiger partial charge on any atom is 0.264 e. The SMILES string of the molecule is CC[C@H](C)NC(=O)[C@@H](C)N(Cc1ccccc1F)C(=O)CN(c1cccc(Cl)c1)S(=O)(=O)c1ccc(OC)cc1. The Kier molecular flexibility index (Phi) is 10.5. The van der Waals surface area contributed by atoms with Crippen molar-refractivity contribution in [2.45, 2.75) is 50.7 Å². The van der Waals surface area contributed by atoms with Crippen LogP contribution in [-0.4, -0.2) is 50.9 Å². The van der Waals surface area contributed by atoms with Crippen molar-refractivity contribution < 1.29 is 27.1 Å². The lowest BCUT2D eigenvalue weighted by atomic mass is 10.1. The lowest BCUT2D eigenvalue weighted by molar-refractivity contribution is -0.139. The number of benzene rings is 3. The Morgan fingerprint density at radius 3 is 2.30 bits per heavy atom. The van der Waals surface area contributed by atoms with E-state index in [4.69, 9.17) is 16.3 Å². The van der Waals surface area contributed by atoms with E-state index in [9.17, 15) is 22.4 Å². The molecule has 0 saturated carbocycles. The van der Waals surface area contributed by atoms with Crippen molar-refractivity contribution >= 4 is 39.1 Å². The van der Waals surface area contributed by atoms with Gasteiger partial charge in [0.25, 0.3) is 10.0 Å². The second-order valence-electron chi connectivity index (χ2n) is 9.27. The van der Waals surface area contributed by atoms with Crippen molar-refractivity contribution in [3.8, 4) is 5.75 Å². The Morgan fingerprint density at radius 1 is 1.02 bits per heavy atom. The first-order chi connectivity index (χ1) is 19.0. The zero-order valence-corrected chi connectivity index (χ0v) is 24.4. The fourth-order valence-electron chi connectivity index (χ4n) is 3.89. The Bertz CT molecular complexity index is 1440. The Hall–Kier alpha value is -3.63. The quantitative estimate of drug-likeness (QED) is 0.320. The van der Waals surface area contributed by atoms with Gasteiger partial charge in [0.05, 0.1) is 17.7 Å². The molecule has 0 aromatic heterocycles. The first-order valence-corrected chi connectivity index (χ1v) is 14.5. The summed E-state index contributed by atoms with van der Waals surface area (Å²) in [6.45, 7) is 4.36. The number of hydrogen-bond donors (Lipinski definition) is 1. The highest BCUT2D eigenvalue weighted by Gasteiger charge is 2.33. The first kappa shape index (κ1) is 30.9. The summed E-state index contributed by atoms with van der Waals surface area (Å²) in [6.07, 6.45) is 0.669. The number of nitrogens with one attached hydrogen (secondary N) is 1. The second-order valence-corrected chi connectivity index (χ2v) is 11.6. The van der Waals surface area contributed by atoms with Crippen molar-refractivity contribution in [1.82, 2.24) is 10.2 Å². The lowest BCUT2D eigenvalue weighted by Gasteiger charge is -2.32. The maximum absolute atomic E-state index is 14.6. The third-order valence-corrected chi connectivity index (χ3v) is 8.51. The van der Waals surface area contributed by atoms with Crippen LogP contribution in [-0.2, 0) is 26.2 Å². The molecule has 8 nitrogen and oxygen atoms in total. The van der Waals surface area contributed by atoms with Gasteiger partial charge in [-0.2, -0.15) is 0 Å². The van der Waals surface area contributed by atoms with E-state index in [2.05, 4.69) is 5.32 Å². The minimum absolute atomic E-state index is 0.0794. The fourth-order valence-corrected chi connectivity index (χ4v) is 5.48. The largest absolute Gasteiger partial charge is 0.497 e. The van der Waals surface area contributed by atoms with E-state index in [1.165, 1.54) is 73.5 Å². The molecule has 0 fully saturated rings. The number of rotatable bonds is 12. The Labute approximate surface area is 239 Å². The number of amides is 2. The van der Waals surface area contributed by atoms with Crippen LogP contribution < -0.4 is 14.4 Å². The highest BCUT2D eigenvalue weighted by atomic mass is 35.5. The molecule has 0 radical (unpaired) electrons. The molecule has 0 spiro atoms. The van der Waals surface area contributed by atoms with Gasteiger partial charge in [-0.15, -0.1) is 0 Å². The molecule has 0 bridgehead atoms. The standard InChI is InChI=1S/C29H33ClFN3O5S/c1-5-20(2)32-29(36)21(3)33(18-22-9-6-7-12-27(22)31)28(35)19-34(24-11-8-10-23(30)17-24)40(37,38)26-15-13-25(39-4)14-16-26/h6-17,20-21H,5,18-19H2,1-4H3,(H,32,36)/t20-,21+/m0/s1. The first-order valence-electron chi connectivity index (χ1n) is 12.7. The predicted octanol–water partition coefficient (Wildman–Crippen LogP) is 5.02. The summed E-state index contributed by atoms with van der Waals surface area (Å²) in [7, 11) is -2.82. The number of ether oxygens (including phenoxy) is 1. The van der Waals surface area contributed by atoms with Gasteiger partial charge in [0.2, 0.25) is 11.8 Å². The van der Waals surface area contributed by atoms with E-state index in [1.807, 2.05) is 13.8 Å². The number of methoxy groups -OCH3 is 1. The lowest BCUT2D eigenvalue weighted by Crippen LogP contribution is -2.52. The molecule has 3 aromatic carbocycles. The molecule has 0 aliphatic heterocycles. The Morgan fingerprint density at radius 2 is 1.70 bits per heavy atom. The minimum Gasteiger partial charge on any atom is -0.497 e. The average Bonchev–Trinajstić information content (AvgIpc) is 2.94. The molecule has 1 N–H and O–H groups in total. The third-order valence-electron chi connectivity index (χ3n) is 6.49. The van der Waals surface area contributed by atoms with Gasteiger partial charge in [0, 0.05) is 23.2 Å². The van der Waals surface area contributed by atoms with E-state index in [1.54, 1.807) is 18.2 Å². The van der Waals surface area contributed by atoms with Crippen LogP contribution in [0, 0.1) is 5.82 Å². The summed E-state index contributed by atoms with van der Waals surface area (Å²) in [5.41, 5.74) is 0.338. The molecule has 11 heteroatoms. The number of hydrogen-bond acceptors (Lipinski definition) is 5. The maximum atomic E-state index is 14.6. The summed E-state index contributed by atoms with van der Waals surface area (Å²) >= 11 is 6.17. The van der Waals surface area contributed by atoms with E-state index in [0.717, 1.165) is 4.31 Å². The zero-order valence-electron chi connectivity index (χ0n) is 22.8. The van der Waals surface area contributed by atoms with Crippen LogP contribution in [0.1, 0.15) is 32.8 Å². The van der Waals surface area contributed by atoms with Crippen LogP contribution >= 0.6 is 11.6 Å². The summed E-state index contributed by atoms with van der Waals surface area (Å²) in [5, 5.41) is 3.10. The van der Waals surface area contributed by atoms with Crippen LogP contribution in [0.25, 0.3) is 0 Å². The summed E-state index contributed by atoms with van der Waals surface area (Å²) in [4.78, 5) is 28.0. The van der Waals surface area contributed by atoms with Gasteiger partial charge < -0.3 is 15.0 Å². The van der Waals surface area contributed by atoms with E-state index >= 15 is 0 Å². The van der Waals surface area contributed by atoms with Crippen LogP contribution in [0.3, 0.4) is 0 Å². The highest BCUT2D eigenvalue weighted by molar-refractivity contribution is 7.92. The molecule has 40 heavy (non-hydrogen) atoms. The van der Waals surface area contributed by atoms with Gasteiger partial charge in [-0.05, 0) is 68.8 Å². The molecule has 2 atom stereocenters. The van der Waals surface area contributed by atoms with Gasteiger partial charge in [0.15, 0.2) is 0 Å². The zero-order chi connectivity index (χ0) is 29.4. The molecule has 0 unspecified atom stereocenters. The van der Waals surface area contributed by atoms with Crippen LogP contribution in [0.15, 0.2) is 77.7 Å². The normalized spacial score (nSPS) is 12.8. The molecular weight excluding hydrogens is 557 g/mol. The molecule has 3 aromatic rings. The minimum atomic E-state index is -4.28. The topological polar surface area (TPSA) is 96.0 Å². The smallest absolute Gasteiger partial charge is 0.264 e. The molecule has 0 aliphatic carbocycles. The van der Waals surface area contributed by atoms with Crippen molar-refractivity contribution in [2.75, 3.05) is 18.0 Å². The van der Waals surface area contributed by atoms with Gasteiger partial charge in [-0.3, -0.25) is 13.9 Å². The fraction of sp³-hybridized carbons (Fsp3) is 0.310. The predicted molar refractivity (Wildman–Crippen MR) is 153 cm³/mol. The number of anilines is 1. The summed E-state index contributed by atoms with van der Waals surface area (Å²) in [5.74, 6) is -1.23. The molecule has 0 heterocycles. The van der Waals surface area contributed by atoms with Crippen LogP contribution in [0.4, 0.5) is 10.1 Å². The van der Waals surface area contributed by atoms with Gasteiger partial charge in [-0.25, -0.2) is 12.8 Å². The monoisotopic (exact) mass is 589 g/mol. The van der Waals surface area contributed by atoms with E-state index < -0.39 is 40.2 Å². The highest BCUT2D eigenvalue weighted by Crippen LogP contribution is 2.28. The van der Waals surface area contributed by atoms with E-state index in [0.29, 0.717) is 12.2 Å². The summed E-state index contributed by atoms with van der Waals surface area (Å²) in [6, 6.07) is 16.6. The van der Waals surface area contributed by atoms with Crippen molar-refractivity contribution in [2.24, 2.45) is 0 Å². The third kappa shape index (κ3) is 7.51. The molecule has 2 amide bonds. The van der Waals surface area contributed by atoms with E-state index in [-0.39, 0.29) is 33.8 Å². The van der Waals surface area contributed by atoms with Crippen molar-refractivity contribution in [3.63, 3.8) is 0 Å². The number of carbonyl (C=O) groups excluding carboxylic acids is 2. The summed E-state index contributed by atoms with van der Waals surface area (Å²) < 4.78 is 48.3. The average molecular weight is 590 g/mol. The second kappa shape index (κ2) is 13.6. The number of halogens is 2. The molecular formula is C29H33ClFN3O5S. The van der Waals surface area contributed by atoms with Gasteiger partial charge in [0.1, 0.15) is 24.2 Å². The van der Waals surface area contributed by atoms with Gasteiger partial charge >= 0.3 is 0 Å². The molecule has 0 aliphatic rings. The van der Waals surface area contributed by atoms with Crippen molar-refractivity contribution in [3.05, 3.63) is 89.2 Å². The van der Waals surface area contributed by atoms with Crippen molar-refractivity contribution in [1.29, 1.82) is 0 Å². The van der Waals surface area contributed by atoms with Crippen LogP contribution in [0.5, 0.6) is 5.75 Å². The number of nitrogens with zero attached hydrogens (tertiary/aromatic N) is 2. The van der Waals surface area contributed by atoms with Crippen LogP contribution in [0.2, 0.25) is 5.02 Å². The molecule has 3 rings (SSSR count). The molecule has 214 valence electrons. The number of sulfonamides is 1. The van der Waals surface area contributed by atoms with Gasteiger partial charge in [-0.1, -0.05) is 42.8 Å². The molecule has 0 saturated heterocycles.